The van der Waals surface area contributed by atoms with E-state index in [0.717, 1.165) is 58.2 Å². The molecule has 1 aromatic rings. The van der Waals surface area contributed by atoms with Gasteiger partial charge >= 0.3 is 0 Å². The standard InChI is InChI=1S/C20H32N4O.HI/c1-4-21-20(23(3)14-17-9-12-25-15-17)22-10-11-24-16(2)13-18-7-5-6-8-19(18)24;/h5-8,16-17H,4,9-15H2,1-3H3,(H,21,22);1H. The van der Waals surface area contributed by atoms with E-state index in [1.54, 1.807) is 0 Å². The van der Waals surface area contributed by atoms with Crippen molar-refractivity contribution in [2.75, 3.05) is 51.3 Å². The molecule has 1 fully saturated rings. The Hall–Kier alpha value is -1.02. The molecule has 0 amide bonds. The van der Waals surface area contributed by atoms with Gasteiger partial charge in [-0.1, -0.05) is 18.2 Å². The maximum Gasteiger partial charge on any atom is 0.193 e. The Morgan fingerprint density at radius 3 is 2.92 bits per heavy atom. The third-order valence-corrected chi connectivity index (χ3v) is 5.20. The summed E-state index contributed by atoms with van der Waals surface area (Å²) in [6.45, 7) is 9.90. The minimum atomic E-state index is 0. The summed E-state index contributed by atoms with van der Waals surface area (Å²) < 4.78 is 5.50. The molecule has 26 heavy (non-hydrogen) atoms. The molecule has 2 unspecified atom stereocenters. The molecule has 6 heteroatoms. The van der Waals surface area contributed by atoms with E-state index in [2.05, 4.69) is 60.3 Å². The number of fused-ring (bicyclic) bond motifs is 1. The van der Waals surface area contributed by atoms with E-state index >= 15 is 0 Å². The first-order valence-electron chi connectivity index (χ1n) is 9.60. The van der Waals surface area contributed by atoms with Crippen LogP contribution < -0.4 is 10.2 Å². The van der Waals surface area contributed by atoms with Crippen LogP contribution in [-0.4, -0.2) is 63.3 Å². The number of aliphatic imine (C=N–C) groups is 1. The number of ether oxygens (including phenoxy) is 1. The summed E-state index contributed by atoms with van der Waals surface area (Å²) in [5, 5.41) is 3.43. The molecule has 1 aromatic carbocycles. The second-order valence-corrected chi connectivity index (χ2v) is 7.22. The molecule has 0 aromatic heterocycles. The lowest BCUT2D eigenvalue weighted by molar-refractivity contribution is 0.181. The Labute approximate surface area is 175 Å². The molecule has 5 nitrogen and oxygen atoms in total. The topological polar surface area (TPSA) is 40.1 Å². The van der Waals surface area contributed by atoms with Gasteiger partial charge in [0.25, 0.3) is 0 Å². The van der Waals surface area contributed by atoms with Gasteiger partial charge in [-0.3, -0.25) is 4.99 Å². The molecule has 0 aliphatic carbocycles. The minimum absolute atomic E-state index is 0. The highest BCUT2D eigenvalue weighted by atomic mass is 127. The second-order valence-electron chi connectivity index (χ2n) is 7.22. The van der Waals surface area contributed by atoms with Crippen molar-refractivity contribution in [3.63, 3.8) is 0 Å². The van der Waals surface area contributed by atoms with Gasteiger partial charge in [-0.05, 0) is 38.3 Å². The third-order valence-electron chi connectivity index (χ3n) is 5.20. The maximum atomic E-state index is 5.50. The number of para-hydroxylation sites is 1. The van der Waals surface area contributed by atoms with Crippen LogP contribution >= 0.6 is 24.0 Å². The summed E-state index contributed by atoms with van der Waals surface area (Å²) in [5.41, 5.74) is 2.84. The van der Waals surface area contributed by atoms with Crippen LogP contribution in [0.25, 0.3) is 0 Å². The molecule has 2 aliphatic heterocycles. The summed E-state index contributed by atoms with van der Waals surface area (Å²) in [4.78, 5) is 9.62. The van der Waals surface area contributed by atoms with E-state index in [1.807, 2.05) is 0 Å². The zero-order chi connectivity index (χ0) is 17.6. The van der Waals surface area contributed by atoms with Crippen molar-refractivity contribution >= 4 is 35.6 Å². The fourth-order valence-electron chi connectivity index (χ4n) is 3.90. The van der Waals surface area contributed by atoms with Crippen molar-refractivity contribution < 1.29 is 4.74 Å². The largest absolute Gasteiger partial charge is 0.381 e. The van der Waals surface area contributed by atoms with E-state index in [1.165, 1.54) is 11.3 Å². The predicted octanol–water partition coefficient (Wildman–Crippen LogP) is 2.99. The number of rotatable bonds is 6. The van der Waals surface area contributed by atoms with Gasteiger partial charge in [-0.2, -0.15) is 0 Å². The number of guanidine groups is 1. The monoisotopic (exact) mass is 472 g/mol. The molecule has 2 atom stereocenters. The summed E-state index contributed by atoms with van der Waals surface area (Å²) in [5.74, 6) is 1.63. The van der Waals surface area contributed by atoms with Gasteiger partial charge in [-0.25, -0.2) is 0 Å². The SMILES string of the molecule is CCNC(=NCCN1c2ccccc2CC1C)N(C)CC1CCOC1.I. The van der Waals surface area contributed by atoms with Crippen molar-refractivity contribution in [2.45, 2.75) is 32.7 Å². The van der Waals surface area contributed by atoms with Gasteiger partial charge in [-0.15, -0.1) is 24.0 Å². The van der Waals surface area contributed by atoms with E-state index in [9.17, 15) is 0 Å². The molecule has 2 aliphatic rings. The van der Waals surface area contributed by atoms with Crippen molar-refractivity contribution in [1.82, 2.24) is 10.2 Å². The number of hydrogen-bond donors (Lipinski definition) is 1. The molecule has 0 saturated carbocycles. The number of hydrogen-bond acceptors (Lipinski definition) is 3. The fourth-order valence-corrected chi connectivity index (χ4v) is 3.90. The highest BCUT2D eigenvalue weighted by molar-refractivity contribution is 14.0. The Morgan fingerprint density at radius 2 is 2.19 bits per heavy atom. The van der Waals surface area contributed by atoms with Gasteiger partial charge in [0.1, 0.15) is 0 Å². The van der Waals surface area contributed by atoms with Gasteiger partial charge in [0.2, 0.25) is 0 Å². The smallest absolute Gasteiger partial charge is 0.193 e. The fraction of sp³-hybridized carbons (Fsp3) is 0.650. The van der Waals surface area contributed by atoms with Gasteiger partial charge in [0.05, 0.1) is 13.2 Å². The predicted molar refractivity (Wildman–Crippen MR) is 120 cm³/mol. The van der Waals surface area contributed by atoms with Crippen LogP contribution in [0.5, 0.6) is 0 Å². The van der Waals surface area contributed by atoms with Crippen LogP contribution in [0.4, 0.5) is 5.69 Å². The summed E-state index contributed by atoms with van der Waals surface area (Å²) in [6, 6.07) is 9.31. The Kier molecular flexibility index (Phi) is 8.47. The van der Waals surface area contributed by atoms with Crippen LogP contribution in [0.2, 0.25) is 0 Å². The lowest BCUT2D eigenvalue weighted by atomic mass is 10.1. The highest BCUT2D eigenvalue weighted by Crippen LogP contribution is 2.31. The van der Waals surface area contributed by atoms with Gasteiger partial charge in [0.15, 0.2) is 5.96 Å². The molecular weight excluding hydrogens is 439 g/mol. The average Bonchev–Trinajstić information content (AvgIpc) is 3.22. The van der Waals surface area contributed by atoms with Crippen molar-refractivity contribution in [2.24, 2.45) is 10.9 Å². The molecule has 0 spiro atoms. The van der Waals surface area contributed by atoms with Crippen LogP contribution in [0.15, 0.2) is 29.3 Å². The van der Waals surface area contributed by atoms with Crippen molar-refractivity contribution in [3.8, 4) is 0 Å². The zero-order valence-corrected chi connectivity index (χ0v) is 18.6. The molecule has 1 saturated heterocycles. The van der Waals surface area contributed by atoms with Gasteiger partial charge in [0, 0.05) is 50.9 Å². The number of nitrogens with one attached hydrogen (secondary N) is 1. The molecule has 3 rings (SSSR count). The number of anilines is 1. The summed E-state index contributed by atoms with van der Waals surface area (Å²) in [7, 11) is 2.13. The maximum absolute atomic E-state index is 5.50. The molecule has 0 radical (unpaired) electrons. The molecule has 0 bridgehead atoms. The first kappa shape index (κ1) is 21.3. The molecule has 2 heterocycles. The number of halogens is 1. The second kappa shape index (κ2) is 10.3. The van der Waals surface area contributed by atoms with E-state index in [0.29, 0.717) is 12.0 Å². The van der Waals surface area contributed by atoms with E-state index in [-0.39, 0.29) is 24.0 Å². The van der Waals surface area contributed by atoms with E-state index in [4.69, 9.17) is 9.73 Å². The quantitative estimate of drug-likeness (QED) is 0.393. The first-order valence-corrected chi connectivity index (χ1v) is 9.60. The molecule has 1 N–H and O–H groups in total. The highest BCUT2D eigenvalue weighted by Gasteiger charge is 2.25. The average molecular weight is 472 g/mol. The Bertz CT molecular complexity index is 589. The summed E-state index contributed by atoms with van der Waals surface area (Å²) in [6.07, 6.45) is 2.30. The first-order chi connectivity index (χ1) is 12.2. The lowest BCUT2D eigenvalue weighted by Crippen LogP contribution is -2.42. The molecule has 146 valence electrons. The Morgan fingerprint density at radius 1 is 1.38 bits per heavy atom. The van der Waals surface area contributed by atoms with Crippen LogP contribution in [-0.2, 0) is 11.2 Å². The molecular formula is C20H33IN4O. The third kappa shape index (κ3) is 5.25. The number of benzene rings is 1. The Balaban J connectivity index is 0.00000243. The van der Waals surface area contributed by atoms with E-state index < -0.39 is 0 Å². The van der Waals surface area contributed by atoms with Crippen molar-refractivity contribution in [1.29, 1.82) is 0 Å². The lowest BCUT2D eigenvalue weighted by Gasteiger charge is -2.26. The van der Waals surface area contributed by atoms with Crippen LogP contribution in [0, 0.1) is 5.92 Å². The van der Waals surface area contributed by atoms with Crippen LogP contribution in [0.1, 0.15) is 25.8 Å². The van der Waals surface area contributed by atoms with Crippen molar-refractivity contribution in [3.05, 3.63) is 29.8 Å². The summed E-state index contributed by atoms with van der Waals surface area (Å²) >= 11 is 0. The zero-order valence-electron chi connectivity index (χ0n) is 16.3. The normalized spacial score (nSPS) is 22.1. The van der Waals surface area contributed by atoms with Gasteiger partial charge < -0.3 is 19.9 Å². The minimum Gasteiger partial charge on any atom is -0.381 e. The number of nitrogens with zero attached hydrogens (tertiary/aromatic N) is 3. The van der Waals surface area contributed by atoms with Crippen LogP contribution in [0.3, 0.4) is 0 Å².